The molecule has 9 heteroatoms. The standard InChI is InChI=1S/C18H16N6O2S/c1-12-22-18(26-23-12)13-4-5-16(20-9-13)24-10-15(21-11-24)17(25)19-7-6-14-3-2-8-27-14/h2-5,8-11H,6-7H2,1H3,(H,19,25). The summed E-state index contributed by atoms with van der Waals surface area (Å²) in [6.45, 7) is 2.33. The third-order valence-corrected chi connectivity index (χ3v) is 4.78. The highest BCUT2D eigenvalue weighted by molar-refractivity contribution is 7.09. The zero-order valence-corrected chi connectivity index (χ0v) is 15.3. The molecule has 4 aromatic rings. The molecular weight excluding hydrogens is 364 g/mol. The Kier molecular flexibility index (Phi) is 4.75. The van der Waals surface area contributed by atoms with Gasteiger partial charge < -0.3 is 9.84 Å². The molecule has 4 rings (SSSR count). The van der Waals surface area contributed by atoms with Gasteiger partial charge in [-0.25, -0.2) is 9.97 Å². The van der Waals surface area contributed by atoms with E-state index in [4.69, 9.17) is 4.52 Å². The molecule has 8 nitrogen and oxygen atoms in total. The van der Waals surface area contributed by atoms with Crippen molar-refractivity contribution in [2.45, 2.75) is 13.3 Å². The maximum Gasteiger partial charge on any atom is 0.271 e. The molecule has 0 bridgehead atoms. The van der Waals surface area contributed by atoms with Crippen LogP contribution in [0, 0.1) is 6.92 Å². The van der Waals surface area contributed by atoms with Crippen LogP contribution in [-0.4, -0.2) is 37.1 Å². The van der Waals surface area contributed by atoms with Crippen molar-refractivity contribution in [2.24, 2.45) is 0 Å². The SMILES string of the molecule is Cc1noc(-c2ccc(-n3cnc(C(=O)NCCc4cccs4)c3)nc2)n1. The summed E-state index contributed by atoms with van der Waals surface area (Å²) in [7, 11) is 0. The molecule has 0 aliphatic rings. The highest BCUT2D eigenvalue weighted by Crippen LogP contribution is 2.17. The monoisotopic (exact) mass is 380 g/mol. The molecule has 4 heterocycles. The number of aromatic nitrogens is 5. The molecule has 0 spiro atoms. The van der Waals surface area contributed by atoms with E-state index in [2.05, 4.69) is 31.5 Å². The van der Waals surface area contributed by atoms with E-state index in [1.807, 2.05) is 17.5 Å². The number of nitrogens with one attached hydrogen (secondary N) is 1. The molecule has 0 radical (unpaired) electrons. The Balaban J connectivity index is 1.40. The van der Waals surface area contributed by atoms with Gasteiger partial charge in [0, 0.05) is 23.8 Å². The van der Waals surface area contributed by atoms with Crippen molar-refractivity contribution in [1.29, 1.82) is 0 Å². The fraction of sp³-hybridized carbons (Fsp3) is 0.167. The average Bonchev–Trinajstić information content (AvgIpc) is 3.43. The summed E-state index contributed by atoms with van der Waals surface area (Å²) in [4.78, 5) is 26.2. The molecule has 0 aliphatic heterocycles. The molecule has 136 valence electrons. The number of hydrogen-bond acceptors (Lipinski definition) is 7. The van der Waals surface area contributed by atoms with Gasteiger partial charge in [-0.05, 0) is 36.9 Å². The van der Waals surface area contributed by atoms with Gasteiger partial charge in [0.1, 0.15) is 17.8 Å². The molecule has 0 saturated heterocycles. The van der Waals surface area contributed by atoms with Crippen LogP contribution < -0.4 is 5.32 Å². The van der Waals surface area contributed by atoms with Gasteiger partial charge in [-0.2, -0.15) is 4.98 Å². The lowest BCUT2D eigenvalue weighted by Gasteiger charge is -2.02. The van der Waals surface area contributed by atoms with Gasteiger partial charge >= 0.3 is 0 Å². The number of aryl methyl sites for hydroxylation is 1. The summed E-state index contributed by atoms with van der Waals surface area (Å²) in [5.74, 6) is 1.42. The first-order chi connectivity index (χ1) is 13.2. The number of nitrogens with zero attached hydrogens (tertiary/aromatic N) is 5. The molecule has 0 atom stereocenters. The number of hydrogen-bond donors (Lipinski definition) is 1. The van der Waals surface area contributed by atoms with Gasteiger partial charge in [-0.15, -0.1) is 11.3 Å². The van der Waals surface area contributed by atoms with Crippen LogP contribution in [0.15, 0.2) is 52.9 Å². The van der Waals surface area contributed by atoms with Crippen molar-refractivity contribution in [3.8, 4) is 17.3 Å². The van der Waals surface area contributed by atoms with E-state index in [-0.39, 0.29) is 5.91 Å². The molecule has 0 aromatic carbocycles. The van der Waals surface area contributed by atoms with E-state index in [0.717, 1.165) is 12.0 Å². The van der Waals surface area contributed by atoms with Crippen LogP contribution in [-0.2, 0) is 6.42 Å². The highest BCUT2D eigenvalue weighted by atomic mass is 32.1. The van der Waals surface area contributed by atoms with Crippen LogP contribution in [0.4, 0.5) is 0 Å². The van der Waals surface area contributed by atoms with Gasteiger partial charge in [-0.1, -0.05) is 11.2 Å². The third-order valence-electron chi connectivity index (χ3n) is 3.84. The van der Waals surface area contributed by atoms with Crippen molar-refractivity contribution in [3.05, 3.63) is 64.8 Å². The van der Waals surface area contributed by atoms with Crippen molar-refractivity contribution in [2.75, 3.05) is 6.54 Å². The average molecular weight is 380 g/mol. The summed E-state index contributed by atoms with van der Waals surface area (Å²) in [6, 6.07) is 7.68. The van der Waals surface area contributed by atoms with Gasteiger partial charge in [0.05, 0.1) is 5.56 Å². The van der Waals surface area contributed by atoms with Gasteiger partial charge in [0.25, 0.3) is 11.8 Å². The highest BCUT2D eigenvalue weighted by Gasteiger charge is 2.11. The van der Waals surface area contributed by atoms with Crippen LogP contribution in [0.3, 0.4) is 0 Å². The maximum atomic E-state index is 12.2. The predicted molar refractivity (Wildman–Crippen MR) is 99.7 cm³/mol. The van der Waals surface area contributed by atoms with E-state index in [9.17, 15) is 4.79 Å². The normalized spacial score (nSPS) is 10.9. The van der Waals surface area contributed by atoms with E-state index in [0.29, 0.717) is 29.8 Å². The second kappa shape index (κ2) is 7.50. The zero-order valence-electron chi connectivity index (χ0n) is 14.5. The number of rotatable bonds is 6. The summed E-state index contributed by atoms with van der Waals surface area (Å²) < 4.78 is 6.81. The lowest BCUT2D eigenvalue weighted by Crippen LogP contribution is -2.25. The first kappa shape index (κ1) is 17.1. The zero-order chi connectivity index (χ0) is 18.6. The van der Waals surface area contributed by atoms with Crippen molar-refractivity contribution < 1.29 is 9.32 Å². The summed E-state index contributed by atoms with van der Waals surface area (Å²) in [6.07, 6.45) is 5.66. The topological polar surface area (TPSA) is 98.7 Å². The van der Waals surface area contributed by atoms with Gasteiger partial charge in [-0.3, -0.25) is 9.36 Å². The molecule has 0 aliphatic carbocycles. The second-order valence-corrected chi connectivity index (χ2v) is 6.84. The second-order valence-electron chi connectivity index (χ2n) is 5.80. The minimum absolute atomic E-state index is 0.205. The first-order valence-electron chi connectivity index (χ1n) is 8.31. The molecule has 0 unspecified atom stereocenters. The van der Waals surface area contributed by atoms with Crippen LogP contribution in [0.25, 0.3) is 17.3 Å². The van der Waals surface area contributed by atoms with Gasteiger partial charge in [0.15, 0.2) is 5.82 Å². The number of carbonyl (C=O) groups is 1. The molecular formula is C18H16N6O2S. The molecule has 1 amide bonds. The lowest BCUT2D eigenvalue weighted by atomic mass is 10.3. The van der Waals surface area contributed by atoms with Crippen LogP contribution in [0.1, 0.15) is 21.2 Å². The Morgan fingerprint density at radius 2 is 2.22 bits per heavy atom. The Morgan fingerprint density at radius 3 is 2.93 bits per heavy atom. The van der Waals surface area contributed by atoms with Crippen molar-refractivity contribution in [1.82, 2.24) is 30.0 Å². The molecule has 1 N–H and O–H groups in total. The summed E-state index contributed by atoms with van der Waals surface area (Å²) in [5.41, 5.74) is 1.07. The Labute approximate surface area is 158 Å². The van der Waals surface area contributed by atoms with E-state index >= 15 is 0 Å². The van der Waals surface area contributed by atoms with Crippen molar-refractivity contribution in [3.63, 3.8) is 0 Å². The first-order valence-corrected chi connectivity index (χ1v) is 9.19. The Morgan fingerprint density at radius 1 is 1.30 bits per heavy atom. The van der Waals surface area contributed by atoms with Crippen molar-refractivity contribution >= 4 is 17.2 Å². The van der Waals surface area contributed by atoms with Crippen LogP contribution >= 0.6 is 11.3 Å². The van der Waals surface area contributed by atoms with Crippen LogP contribution in [0.5, 0.6) is 0 Å². The van der Waals surface area contributed by atoms with E-state index in [1.54, 1.807) is 47.6 Å². The predicted octanol–water partition coefficient (Wildman–Crippen LogP) is 2.66. The van der Waals surface area contributed by atoms with E-state index in [1.165, 1.54) is 4.88 Å². The minimum atomic E-state index is -0.205. The fourth-order valence-corrected chi connectivity index (χ4v) is 3.20. The largest absolute Gasteiger partial charge is 0.350 e. The lowest BCUT2D eigenvalue weighted by molar-refractivity contribution is 0.0949. The summed E-state index contributed by atoms with van der Waals surface area (Å²) >= 11 is 1.68. The Hall–Kier alpha value is -3.33. The van der Waals surface area contributed by atoms with Gasteiger partial charge in [0.2, 0.25) is 0 Å². The third kappa shape index (κ3) is 3.93. The minimum Gasteiger partial charge on any atom is -0.350 e. The molecule has 27 heavy (non-hydrogen) atoms. The number of thiophene rings is 1. The number of pyridine rings is 1. The summed E-state index contributed by atoms with van der Waals surface area (Å²) in [5, 5.41) is 8.67. The van der Waals surface area contributed by atoms with Crippen LogP contribution in [0.2, 0.25) is 0 Å². The quantitative estimate of drug-likeness (QED) is 0.552. The van der Waals surface area contributed by atoms with E-state index < -0.39 is 0 Å². The maximum absolute atomic E-state index is 12.2. The molecule has 0 fully saturated rings. The number of imidazole rings is 1. The molecule has 4 aromatic heterocycles. The smallest absolute Gasteiger partial charge is 0.271 e. The number of amides is 1. The Bertz CT molecular complexity index is 1040. The fourth-order valence-electron chi connectivity index (χ4n) is 2.49. The molecule has 0 saturated carbocycles. The number of carbonyl (C=O) groups excluding carboxylic acids is 1.